The Labute approximate surface area is 123 Å². The van der Waals surface area contributed by atoms with Crippen molar-refractivity contribution in [3.63, 3.8) is 0 Å². The quantitative estimate of drug-likeness (QED) is 0.893. The second-order valence-corrected chi connectivity index (χ2v) is 6.20. The van der Waals surface area contributed by atoms with Gasteiger partial charge in [0.15, 0.2) is 0 Å². The van der Waals surface area contributed by atoms with E-state index in [2.05, 4.69) is 47.9 Å². The second-order valence-electron chi connectivity index (χ2n) is 6.20. The van der Waals surface area contributed by atoms with Crippen molar-refractivity contribution in [2.45, 2.75) is 26.8 Å². The van der Waals surface area contributed by atoms with E-state index in [9.17, 15) is 0 Å². The Bertz CT molecular complexity index is 405. The molecule has 2 rings (SSSR count). The molecule has 0 aromatic heterocycles. The molecule has 112 valence electrons. The Morgan fingerprint density at radius 2 is 1.80 bits per heavy atom. The zero-order valence-electron chi connectivity index (χ0n) is 13.0. The van der Waals surface area contributed by atoms with E-state index in [1.165, 1.54) is 43.7 Å². The van der Waals surface area contributed by atoms with Crippen LogP contribution in [0.5, 0.6) is 0 Å². The van der Waals surface area contributed by atoms with Gasteiger partial charge in [0.2, 0.25) is 0 Å². The molecule has 1 fully saturated rings. The van der Waals surface area contributed by atoms with Crippen molar-refractivity contribution in [3.05, 3.63) is 35.4 Å². The second kappa shape index (κ2) is 7.77. The molecule has 1 aliphatic heterocycles. The fourth-order valence-corrected chi connectivity index (χ4v) is 2.91. The Morgan fingerprint density at radius 3 is 2.55 bits per heavy atom. The summed E-state index contributed by atoms with van der Waals surface area (Å²) in [4.78, 5) is 5.17. The molecule has 1 saturated heterocycles. The summed E-state index contributed by atoms with van der Waals surface area (Å²) in [6.07, 6.45) is 1.27. The maximum atomic E-state index is 5.74. The summed E-state index contributed by atoms with van der Waals surface area (Å²) in [6.45, 7) is 12.3. The van der Waals surface area contributed by atoms with Gasteiger partial charge >= 0.3 is 0 Å². The first-order valence-electron chi connectivity index (χ1n) is 7.88. The molecular formula is C17H29N3. The van der Waals surface area contributed by atoms with Crippen molar-refractivity contribution in [2.24, 2.45) is 11.7 Å². The van der Waals surface area contributed by atoms with Crippen molar-refractivity contribution in [1.82, 2.24) is 9.80 Å². The molecule has 1 unspecified atom stereocenters. The Kier molecular flexibility index (Phi) is 6.02. The summed E-state index contributed by atoms with van der Waals surface area (Å²) in [5.41, 5.74) is 8.61. The predicted octanol–water partition coefficient (Wildman–Crippen LogP) is 2.10. The van der Waals surface area contributed by atoms with Crippen molar-refractivity contribution in [2.75, 3.05) is 39.3 Å². The number of rotatable bonds is 5. The molecule has 0 amide bonds. The molecular weight excluding hydrogens is 246 g/mol. The number of aryl methyl sites for hydroxylation is 1. The normalized spacial score (nSPS) is 19.8. The lowest BCUT2D eigenvalue weighted by molar-refractivity contribution is 0.232. The largest absolute Gasteiger partial charge is 0.330 e. The summed E-state index contributed by atoms with van der Waals surface area (Å²) in [6, 6.07) is 8.74. The van der Waals surface area contributed by atoms with Gasteiger partial charge in [0.05, 0.1) is 0 Å². The molecule has 0 radical (unpaired) electrons. The number of nitrogens with two attached hydrogens (primary N) is 1. The van der Waals surface area contributed by atoms with Gasteiger partial charge in [-0.2, -0.15) is 0 Å². The molecule has 0 bridgehead atoms. The van der Waals surface area contributed by atoms with Crippen LogP contribution < -0.4 is 5.73 Å². The van der Waals surface area contributed by atoms with Gasteiger partial charge in [0.25, 0.3) is 0 Å². The summed E-state index contributed by atoms with van der Waals surface area (Å²) < 4.78 is 0. The molecule has 2 N–H and O–H groups in total. The average molecular weight is 275 g/mol. The van der Waals surface area contributed by atoms with Gasteiger partial charge in [-0.3, -0.25) is 4.90 Å². The van der Waals surface area contributed by atoms with Gasteiger partial charge < -0.3 is 10.6 Å². The monoisotopic (exact) mass is 275 g/mol. The first kappa shape index (κ1) is 15.5. The van der Waals surface area contributed by atoms with E-state index >= 15 is 0 Å². The van der Waals surface area contributed by atoms with E-state index in [0.29, 0.717) is 5.92 Å². The zero-order valence-corrected chi connectivity index (χ0v) is 13.0. The van der Waals surface area contributed by atoms with Crippen molar-refractivity contribution in [1.29, 1.82) is 0 Å². The van der Waals surface area contributed by atoms with Gasteiger partial charge in [-0.1, -0.05) is 31.2 Å². The molecule has 3 heteroatoms. The summed E-state index contributed by atoms with van der Waals surface area (Å²) in [5, 5.41) is 0. The topological polar surface area (TPSA) is 32.5 Å². The zero-order chi connectivity index (χ0) is 14.4. The van der Waals surface area contributed by atoms with Gasteiger partial charge in [0.1, 0.15) is 0 Å². The third-order valence-electron chi connectivity index (χ3n) is 4.31. The van der Waals surface area contributed by atoms with Crippen molar-refractivity contribution < 1.29 is 0 Å². The van der Waals surface area contributed by atoms with Crippen LogP contribution in [-0.4, -0.2) is 49.1 Å². The molecule has 3 nitrogen and oxygen atoms in total. The third kappa shape index (κ3) is 4.58. The number of nitrogens with zero attached hydrogens (tertiary/aromatic N) is 2. The lowest BCUT2D eigenvalue weighted by Crippen LogP contribution is -2.35. The highest BCUT2D eigenvalue weighted by molar-refractivity contribution is 5.25. The van der Waals surface area contributed by atoms with Crippen LogP contribution in [0.25, 0.3) is 0 Å². The maximum absolute atomic E-state index is 5.74. The van der Waals surface area contributed by atoms with E-state index in [1.807, 2.05) is 0 Å². The van der Waals surface area contributed by atoms with Crippen LogP contribution in [0.1, 0.15) is 24.5 Å². The molecule has 1 heterocycles. The van der Waals surface area contributed by atoms with Crippen LogP contribution in [0, 0.1) is 12.8 Å². The van der Waals surface area contributed by atoms with E-state index in [4.69, 9.17) is 5.73 Å². The number of hydrogen-bond donors (Lipinski definition) is 1. The Hall–Kier alpha value is -0.900. The molecule has 1 aromatic carbocycles. The molecule has 0 spiro atoms. The summed E-state index contributed by atoms with van der Waals surface area (Å²) in [5.74, 6) is 0.609. The first-order chi connectivity index (χ1) is 9.69. The van der Waals surface area contributed by atoms with Crippen LogP contribution in [0.2, 0.25) is 0 Å². The van der Waals surface area contributed by atoms with Crippen LogP contribution in [0.3, 0.4) is 0 Å². The molecule has 0 aliphatic carbocycles. The van der Waals surface area contributed by atoms with Crippen LogP contribution in [-0.2, 0) is 6.54 Å². The smallest absolute Gasteiger partial charge is 0.0236 e. The minimum atomic E-state index is 0.609. The van der Waals surface area contributed by atoms with E-state index in [0.717, 1.165) is 19.6 Å². The highest BCUT2D eigenvalue weighted by Gasteiger charge is 2.16. The van der Waals surface area contributed by atoms with Crippen molar-refractivity contribution in [3.8, 4) is 0 Å². The minimum Gasteiger partial charge on any atom is -0.330 e. The first-order valence-corrected chi connectivity index (χ1v) is 7.88. The van der Waals surface area contributed by atoms with Gasteiger partial charge in [-0.05, 0) is 50.0 Å². The van der Waals surface area contributed by atoms with Crippen molar-refractivity contribution >= 4 is 0 Å². The van der Waals surface area contributed by atoms with Crippen LogP contribution in [0.4, 0.5) is 0 Å². The lowest BCUT2D eigenvalue weighted by Gasteiger charge is -2.24. The minimum absolute atomic E-state index is 0.609. The van der Waals surface area contributed by atoms with E-state index in [-0.39, 0.29) is 0 Å². The number of benzene rings is 1. The molecule has 20 heavy (non-hydrogen) atoms. The van der Waals surface area contributed by atoms with E-state index in [1.54, 1.807) is 0 Å². The predicted molar refractivity (Wildman–Crippen MR) is 85.7 cm³/mol. The fourth-order valence-electron chi connectivity index (χ4n) is 2.91. The summed E-state index contributed by atoms with van der Waals surface area (Å²) in [7, 11) is 0. The third-order valence-corrected chi connectivity index (χ3v) is 4.31. The standard InChI is InChI=1S/C17H29N3/c1-15(12-18)13-19-8-5-9-20(11-10-19)14-17-7-4-3-6-16(17)2/h3-4,6-7,15H,5,8-14,18H2,1-2H3. The lowest BCUT2D eigenvalue weighted by atomic mass is 10.1. The van der Waals surface area contributed by atoms with Gasteiger partial charge in [-0.15, -0.1) is 0 Å². The van der Waals surface area contributed by atoms with Crippen LogP contribution >= 0.6 is 0 Å². The highest BCUT2D eigenvalue weighted by atomic mass is 15.2. The summed E-state index contributed by atoms with van der Waals surface area (Å²) >= 11 is 0. The maximum Gasteiger partial charge on any atom is 0.0236 e. The molecule has 1 atom stereocenters. The van der Waals surface area contributed by atoms with E-state index < -0.39 is 0 Å². The molecule has 0 saturated carbocycles. The Morgan fingerprint density at radius 1 is 1.10 bits per heavy atom. The van der Waals surface area contributed by atoms with Gasteiger partial charge in [0, 0.05) is 26.2 Å². The van der Waals surface area contributed by atoms with Gasteiger partial charge in [-0.25, -0.2) is 0 Å². The molecule has 1 aromatic rings. The highest BCUT2D eigenvalue weighted by Crippen LogP contribution is 2.13. The average Bonchev–Trinajstić information content (AvgIpc) is 2.67. The SMILES string of the molecule is Cc1ccccc1CN1CCCN(CC(C)CN)CC1. The van der Waals surface area contributed by atoms with Crippen LogP contribution in [0.15, 0.2) is 24.3 Å². The Balaban J connectivity index is 1.85. The fraction of sp³-hybridized carbons (Fsp3) is 0.647. The molecule has 1 aliphatic rings. The number of hydrogen-bond acceptors (Lipinski definition) is 3.